The first-order valence-electron chi connectivity index (χ1n) is 6.09. The number of benzene rings is 2. The van der Waals surface area contributed by atoms with Crippen molar-refractivity contribution in [3.63, 3.8) is 0 Å². The summed E-state index contributed by atoms with van der Waals surface area (Å²) >= 11 is 5.78. The molecule has 0 radical (unpaired) electrons. The number of rotatable bonds is 3. The van der Waals surface area contributed by atoms with Gasteiger partial charge in [-0.05, 0) is 28.8 Å². The maximum absolute atomic E-state index is 13.2. The summed E-state index contributed by atoms with van der Waals surface area (Å²) in [5.74, 6) is -1.54. The van der Waals surface area contributed by atoms with Gasteiger partial charge in [-0.1, -0.05) is 35.9 Å². The molecule has 2 aromatic carbocycles. The van der Waals surface area contributed by atoms with Crippen molar-refractivity contribution in [2.75, 3.05) is 0 Å². The van der Waals surface area contributed by atoms with Crippen LogP contribution in [0.1, 0.15) is 21.5 Å². The molecule has 0 saturated carbocycles. The second-order valence-corrected chi connectivity index (χ2v) is 4.90. The minimum Gasteiger partial charge on any atom is -0.478 e. The number of hydrogen-bond acceptors (Lipinski definition) is 2. The van der Waals surface area contributed by atoms with Crippen LogP contribution in [0.4, 0.5) is 13.2 Å². The zero-order chi connectivity index (χ0) is 16.5. The first kappa shape index (κ1) is 16.3. The van der Waals surface area contributed by atoms with E-state index in [0.29, 0.717) is 6.07 Å². The molecule has 0 spiro atoms. The molecule has 0 aromatic heterocycles. The van der Waals surface area contributed by atoms with E-state index in [1.807, 2.05) is 0 Å². The minimum absolute atomic E-state index is 0.149. The summed E-state index contributed by atoms with van der Waals surface area (Å²) in [7, 11) is 0. The smallest absolute Gasteiger partial charge is 0.417 e. The summed E-state index contributed by atoms with van der Waals surface area (Å²) < 4.78 is 39.7. The van der Waals surface area contributed by atoms with E-state index < -0.39 is 29.9 Å². The summed E-state index contributed by atoms with van der Waals surface area (Å²) in [6.45, 7) is -0.453. The fourth-order valence-electron chi connectivity index (χ4n) is 2.12. The highest BCUT2D eigenvalue weighted by Gasteiger charge is 2.35. The molecule has 2 rings (SSSR count). The van der Waals surface area contributed by atoms with E-state index in [1.54, 1.807) is 6.07 Å². The Morgan fingerprint density at radius 1 is 1.14 bits per heavy atom. The molecule has 0 bridgehead atoms. The number of aliphatic hydroxyl groups excluding tert-OH is 1. The van der Waals surface area contributed by atoms with Crippen LogP contribution in [0, 0.1) is 0 Å². The average molecular weight is 331 g/mol. The molecule has 2 N–H and O–H groups in total. The van der Waals surface area contributed by atoms with Crippen LogP contribution in [0.25, 0.3) is 11.1 Å². The maximum atomic E-state index is 13.2. The van der Waals surface area contributed by atoms with Gasteiger partial charge in [0.2, 0.25) is 0 Å². The number of alkyl halides is 3. The summed E-state index contributed by atoms with van der Waals surface area (Å²) in [6.07, 6.45) is -4.76. The van der Waals surface area contributed by atoms with Crippen molar-refractivity contribution < 1.29 is 28.2 Å². The molecule has 0 heterocycles. The van der Waals surface area contributed by atoms with Gasteiger partial charge in [0, 0.05) is 0 Å². The van der Waals surface area contributed by atoms with Crippen LogP contribution in [-0.2, 0) is 12.8 Å². The number of carboxylic acids is 1. The monoisotopic (exact) mass is 330 g/mol. The van der Waals surface area contributed by atoms with Gasteiger partial charge < -0.3 is 10.2 Å². The van der Waals surface area contributed by atoms with Gasteiger partial charge in [0.15, 0.2) is 0 Å². The fraction of sp³-hybridized carbons (Fsp3) is 0.133. The van der Waals surface area contributed by atoms with Crippen molar-refractivity contribution in [3.8, 4) is 11.1 Å². The Labute approximate surface area is 128 Å². The van der Waals surface area contributed by atoms with Gasteiger partial charge >= 0.3 is 12.1 Å². The molecule has 0 aliphatic carbocycles. The van der Waals surface area contributed by atoms with Gasteiger partial charge in [-0.15, -0.1) is 0 Å². The molecule has 0 fully saturated rings. The lowest BCUT2D eigenvalue weighted by Crippen LogP contribution is -2.11. The zero-order valence-electron chi connectivity index (χ0n) is 11.0. The standard InChI is InChI=1S/C15H10ClF3O3/c16-13-6-10(9-4-2-1-3-8(9)7-20)12(15(17,18)19)5-11(13)14(21)22/h1-6,20H,7H2,(H,21,22). The second kappa shape index (κ2) is 5.98. The summed E-state index contributed by atoms with van der Waals surface area (Å²) in [6, 6.07) is 7.46. The van der Waals surface area contributed by atoms with E-state index in [2.05, 4.69) is 0 Å². The molecule has 7 heteroatoms. The number of aromatic carboxylic acids is 1. The number of halogens is 4. The number of hydrogen-bond donors (Lipinski definition) is 2. The van der Waals surface area contributed by atoms with Gasteiger partial charge in [0.05, 0.1) is 22.8 Å². The highest BCUT2D eigenvalue weighted by atomic mass is 35.5. The Hall–Kier alpha value is -2.05. The Kier molecular flexibility index (Phi) is 4.44. The molecule has 3 nitrogen and oxygen atoms in total. The van der Waals surface area contributed by atoms with Crippen LogP contribution in [0.3, 0.4) is 0 Å². The molecule has 116 valence electrons. The summed E-state index contributed by atoms with van der Waals surface area (Å²) in [4.78, 5) is 11.0. The van der Waals surface area contributed by atoms with Crippen LogP contribution in [0.5, 0.6) is 0 Å². The third-order valence-electron chi connectivity index (χ3n) is 3.12. The fourth-order valence-corrected chi connectivity index (χ4v) is 2.36. The van der Waals surface area contributed by atoms with Crippen molar-refractivity contribution in [1.29, 1.82) is 0 Å². The zero-order valence-corrected chi connectivity index (χ0v) is 11.7. The second-order valence-electron chi connectivity index (χ2n) is 4.50. The molecule has 2 aromatic rings. The first-order chi connectivity index (χ1) is 10.3. The molecular weight excluding hydrogens is 321 g/mol. The SMILES string of the molecule is O=C(O)c1cc(C(F)(F)F)c(-c2ccccc2CO)cc1Cl. The Morgan fingerprint density at radius 2 is 1.77 bits per heavy atom. The number of carboxylic acid groups (broad SMARTS) is 1. The molecular formula is C15H10ClF3O3. The van der Waals surface area contributed by atoms with Crippen molar-refractivity contribution in [3.05, 3.63) is 58.1 Å². The van der Waals surface area contributed by atoms with Gasteiger partial charge in [-0.3, -0.25) is 0 Å². The third-order valence-corrected chi connectivity index (χ3v) is 3.43. The summed E-state index contributed by atoms with van der Waals surface area (Å²) in [5.41, 5.74) is -1.58. The molecule has 0 unspecified atom stereocenters. The van der Waals surface area contributed by atoms with Crippen LogP contribution >= 0.6 is 11.6 Å². The minimum atomic E-state index is -4.76. The van der Waals surface area contributed by atoms with Crippen molar-refractivity contribution >= 4 is 17.6 Å². The Bertz CT molecular complexity index is 726. The predicted octanol–water partition coefficient (Wildman–Crippen LogP) is 4.22. The number of carbonyl (C=O) groups is 1. The van der Waals surface area contributed by atoms with Crippen LogP contribution < -0.4 is 0 Å². The van der Waals surface area contributed by atoms with Crippen LogP contribution in [-0.4, -0.2) is 16.2 Å². The largest absolute Gasteiger partial charge is 0.478 e. The quantitative estimate of drug-likeness (QED) is 0.886. The maximum Gasteiger partial charge on any atom is 0.417 e. The lowest BCUT2D eigenvalue weighted by Gasteiger charge is -2.17. The van der Waals surface area contributed by atoms with Gasteiger partial charge in [0.1, 0.15) is 0 Å². The molecule has 0 aliphatic heterocycles. The highest BCUT2D eigenvalue weighted by molar-refractivity contribution is 6.33. The lowest BCUT2D eigenvalue weighted by molar-refractivity contribution is -0.137. The topological polar surface area (TPSA) is 57.5 Å². The lowest BCUT2D eigenvalue weighted by atomic mass is 9.93. The molecule has 0 aliphatic rings. The van der Waals surface area contributed by atoms with E-state index in [9.17, 15) is 23.1 Å². The van der Waals surface area contributed by atoms with E-state index in [1.165, 1.54) is 18.2 Å². The van der Waals surface area contributed by atoms with E-state index in [-0.39, 0.29) is 21.7 Å². The normalized spacial score (nSPS) is 11.5. The molecule has 0 saturated heterocycles. The van der Waals surface area contributed by atoms with Crippen molar-refractivity contribution in [2.24, 2.45) is 0 Å². The van der Waals surface area contributed by atoms with Crippen LogP contribution in [0.2, 0.25) is 5.02 Å². The summed E-state index contributed by atoms with van der Waals surface area (Å²) in [5, 5.41) is 17.9. The molecule has 0 amide bonds. The molecule has 0 atom stereocenters. The third kappa shape index (κ3) is 3.08. The average Bonchev–Trinajstić information content (AvgIpc) is 2.45. The van der Waals surface area contributed by atoms with E-state index >= 15 is 0 Å². The van der Waals surface area contributed by atoms with Crippen LogP contribution in [0.15, 0.2) is 36.4 Å². The Morgan fingerprint density at radius 3 is 2.32 bits per heavy atom. The predicted molar refractivity (Wildman–Crippen MR) is 74.8 cm³/mol. The number of aliphatic hydroxyl groups is 1. The Balaban J connectivity index is 2.80. The van der Waals surface area contributed by atoms with E-state index in [4.69, 9.17) is 16.7 Å². The van der Waals surface area contributed by atoms with Crippen molar-refractivity contribution in [1.82, 2.24) is 0 Å². The van der Waals surface area contributed by atoms with Gasteiger partial charge in [-0.2, -0.15) is 13.2 Å². The van der Waals surface area contributed by atoms with Gasteiger partial charge in [-0.25, -0.2) is 4.79 Å². The van der Waals surface area contributed by atoms with Gasteiger partial charge in [0.25, 0.3) is 0 Å². The highest BCUT2D eigenvalue weighted by Crippen LogP contribution is 2.40. The van der Waals surface area contributed by atoms with E-state index in [0.717, 1.165) is 6.07 Å². The first-order valence-corrected chi connectivity index (χ1v) is 6.46. The van der Waals surface area contributed by atoms with Crippen molar-refractivity contribution in [2.45, 2.75) is 12.8 Å². The molecule has 22 heavy (non-hydrogen) atoms.